The number of hydrogen-bond acceptors (Lipinski definition) is 27. The van der Waals surface area contributed by atoms with Gasteiger partial charge in [0.2, 0.25) is 41.4 Å². The fourth-order valence-electron chi connectivity index (χ4n) is 12.2. The molecule has 3 heterocycles. The average molecular weight is 1590 g/mol. The molecule has 1 unspecified atom stereocenters. The lowest BCUT2D eigenvalue weighted by Gasteiger charge is -2.29. The maximum absolute atomic E-state index is 14.2. The van der Waals surface area contributed by atoms with E-state index in [1.54, 1.807) is 32.6 Å². The number of rotatable bonds is 56. The molecule has 6 rings (SSSR count). The Labute approximate surface area is 649 Å². The van der Waals surface area contributed by atoms with E-state index >= 15 is 0 Å². The lowest BCUT2D eigenvalue weighted by molar-refractivity contribution is -0.135. The molecule has 0 bridgehead atoms. The zero-order chi connectivity index (χ0) is 80.2. The number of fused-ring (bicyclic) bond motifs is 4. The topological polar surface area (TPSA) is 485 Å². The van der Waals surface area contributed by atoms with Crippen LogP contribution in [0.2, 0.25) is 0 Å². The van der Waals surface area contributed by atoms with Gasteiger partial charge in [-0.3, -0.25) is 53.3 Å². The van der Waals surface area contributed by atoms with Crippen molar-refractivity contribution in [2.24, 2.45) is 23.4 Å². The van der Waals surface area contributed by atoms with Gasteiger partial charge in [-0.15, -0.1) is 11.1 Å². The van der Waals surface area contributed by atoms with Crippen LogP contribution in [0.15, 0.2) is 59.9 Å². The maximum Gasteiger partial charge on any atom is 0.312 e. The summed E-state index contributed by atoms with van der Waals surface area (Å²) in [5.41, 5.74) is 24.4. The number of anilines is 1. The first-order valence-electron chi connectivity index (χ1n) is 38.3. The Morgan fingerprint density at radius 1 is 0.568 bits per heavy atom. The zero-order valence-corrected chi connectivity index (χ0v) is 65.3. The van der Waals surface area contributed by atoms with Crippen LogP contribution in [0.4, 0.5) is 10.5 Å². The van der Waals surface area contributed by atoms with Gasteiger partial charge in [-0.1, -0.05) is 83.0 Å². The number of carbonyl (C=O) groups is 9. The van der Waals surface area contributed by atoms with Crippen molar-refractivity contribution in [1.82, 2.24) is 69.3 Å². The number of ketones is 1. The van der Waals surface area contributed by atoms with Gasteiger partial charge in [0.1, 0.15) is 30.5 Å². The second-order valence-electron chi connectivity index (χ2n) is 27.3. The summed E-state index contributed by atoms with van der Waals surface area (Å²) in [4.78, 5) is 119. The van der Waals surface area contributed by atoms with Crippen molar-refractivity contribution in [3.63, 3.8) is 0 Å². The summed E-state index contributed by atoms with van der Waals surface area (Å²) in [7, 11) is -4.14. The molecule has 0 fully saturated rings. The van der Waals surface area contributed by atoms with E-state index in [2.05, 4.69) is 59.1 Å². The van der Waals surface area contributed by atoms with Crippen LogP contribution in [0.1, 0.15) is 134 Å². The van der Waals surface area contributed by atoms with Crippen LogP contribution in [0.5, 0.6) is 0 Å². The minimum absolute atomic E-state index is 0.00720. The van der Waals surface area contributed by atoms with Gasteiger partial charge in [0.05, 0.1) is 153 Å². The number of nitrogens with zero attached hydrogens (tertiary/aromatic N) is 3. The Bertz CT molecular complexity index is 3450. The molecule has 9 amide bonds. The van der Waals surface area contributed by atoms with Crippen molar-refractivity contribution in [3.05, 3.63) is 76.6 Å². The summed E-state index contributed by atoms with van der Waals surface area (Å²) < 4.78 is 81.3. The molecule has 37 nitrogen and oxygen atoms in total. The van der Waals surface area contributed by atoms with Gasteiger partial charge in [0.25, 0.3) is 10.1 Å². The highest BCUT2D eigenvalue weighted by Crippen LogP contribution is 2.39. The fraction of sp³-hybridized carbons (Fsp3) is 0.658. The molecular formula is C73H118N16O21S. The van der Waals surface area contributed by atoms with Gasteiger partial charge in [0, 0.05) is 68.9 Å². The van der Waals surface area contributed by atoms with Crippen LogP contribution in [0, 0.1) is 11.8 Å². The van der Waals surface area contributed by atoms with E-state index in [0.717, 1.165) is 65.2 Å². The number of para-hydroxylation sites is 1. The van der Waals surface area contributed by atoms with Crippen LogP contribution in [0.25, 0.3) is 11.4 Å². The molecule has 2 aromatic carbocycles. The number of unbranched alkanes of at least 4 members (excludes halogenated alkanes) is 1. The third-order valence-corrected chi connectivity index (χ3v) is 18.7. The third kappa shape index (κ3) is 34.7. The van der Waals surface area contributed by atoms with Gasteiger partial charge in [-0.05, 0) is 68.9 Å². The van der Waals surface area contributed by atoms with Crippen LogP contribution >= 0.6 is 0 Å². The van der Waals surface area contributed by atoms with E-state index < -0.39 is 75.5 Å². The quantitative estimate of drug-likeness (QED) is 0.0241. The molecule has 0 spiro atoms. The molecule has 0 saturated heterocycles. The zero-order valence-electron chi connectivity index (χ0n) is 64.5. The predicted octanol–water partition coefficient (Wildman–Crippen LogP) is 0.327. The number of hydrogen-bond donors (Lipinski definition) is 14. The first-order valence-corrected chi connectivity index (χ1v) is 39.9. The Balaban J connectivity index is 0.851. The number of carbonyl (C=O) groups excluding carboxylic acids is 9. The van der Waals surface area contributed by atoms with Gasteiger partial charge in [-0.2, -0.15) is 8.42 Å². The molecule has 3 aliphatic heterocycles. The van der Waals surface area contributed by atoms with Crippen LogP contribution in [-0.2, 0) is 97.7 Å². The Morgan fingerprint density at radius 2 is 1.14 bits per heavy atom. The number of hydrazine groups is 5. The van der Waals surface area contributed by atoms with Crippen LogP contribution < -0.4 is 75.6 Å². The van der Waals surface area contributed by atoms with Crippen molar-refractivity contribution in [2.45, 2.75) is 148 Å². The molecule has 622 valence electrons. The van der Waals surface area contributed by atoms with Gasteiger partial charge in [0.15, 0.2) is 5.78 Å². The van der Waals surface area contributed by atoms with Crippen molar-refractivity contribution in [3.8, 4) is 0 Å². The number of ether oxygens (including phenoxy) is 9. The first kappa shape index (κ1) is 91.7. The molecule has 0 aromatic heterocycles. The molecule has 0 saturated carbocycles. The number of amides is 9. The number of allylic oxidation sites excluding steroid dienone is 1. The van der Waals surface area contributed by atoms with E-state index in [0.29, 0.717) is 77.6 Å². The van der Waals surface area contributed by atoms with E-state index in [1.807, 2.05) is 53.5 Å². The van der Waals surface area contributed by atoms with Crippen molar-refractivity contribution in [2.75, 3.05) is 156 Å². The minimum Gasteiger partial charge on any atom is -0.379 e. The molecule has 111 heavy (non-hydrogen) atoms. The molecular weight excluding hydrogens is 1470 g/mol. The number of nitrogens with two attached hydrogens (primary N) is 2. The number of nitrogens with one attached hydrogen (secondary N) is 11. The van der Waals surface area contributed by atoms with Gasteiger partial charge in [-0.25, -0.2) is 15.8 Å². The smallest absolute Gasteiger partial charge is 0.312 e. The van der Waals surface area contributed by atoms with Crippen molar-refractivity contribution in [1.29, 1.82) is 0 Å². The SMILES string of the molecule is CC(C)C(=O)[C@H](CCCNC(N)=O)NC(=O)[C@@H](NC(=O)[C@@H](CCCCNC(=O)COC1CCCCCC2=C1NNN2CCOCCOCCOCCOCCC(=O)NCCS(=O)(=O)O)NC(=O)CCOCCOCCOCCOCCNC(=O)CCC(=O)N1Cc2ccccc2C2=C(NNN2N)c2ccccc21)C(C)C. The molecule has 4 aliphatic rings. The van der Waals surface area contributed by atoms with Crippen molar-refractivity contribution < 1.29 is 98.8 Å². The predicted molar refractivity (Wildman–Crippen MR) is 408 cm³/mol. The minimum atomic E-state index is -4.14. The Hall–Kier alpha value is -8.22. The lowest BCUT2D eigenvalue weighted by Crippen LogP contribution is -2.57. The number of primary amides is 1. The summed E-state index contributed by atoms with van der Waals surface area (Å²) >= 11 is 0. The second kappa shape index (κ2) is 51.4. The lowest BCUT2D eigenvalue weighted by atomic mass is 9.96. The second-order valence-corrected chi connectivity index (χ2v) is 28.8. The fourth-order valence-corrected chi connectivity index (χ4v) is 12.6. The number of Topliss-reactive ketones (excluding diaryl/α,β-unsaturated/α-hetero) is 1. The standard InChI is InChI=1S/C73H118N16O21S/c1-51(2)66(72(97)81-56(70(95)52(3)4)19-14-28-79-73(74)98)82-71(96)57(18-12-13-27-76-64(93)50-110-60-22-7-5-6-21-59-68(60)84-85-88(59)31-35-105-39-43-109-47-45-106-40-36-102-32-25-62(91)78-30-48-111(99,100)101)80-63(92)26-33-103-37-41-107-44-46-108-42-38-104-34-29-77-61(90)23-24-65(94)87-49-53-15-8-9-16-54(53)69-67(83-86-89(69)75)55-17-10-11-20-58(55)87/h8-11,15-17,20,51-52,56-57,60,66,83-86H,5-7,12-14,18-19,21-50,75H2,1-4H3,(H,76,93)(H,77,90)(H,78,91)(H,80,92)(H,81,97)(H,82,96)(H3,74,79,98)(H,99,100,101)/t56-,57+,60?,66-/m0/s1. The highest BCUT2D eigenvalue weighted by Gasteiger charge is 2.35. The van der Waals surface area contributed by atoms with E-state index in [-0.39, 0.29) is 174 Å². The summed E-state index contributed by atoms with van der Waals surface area (Å²) in [6.07, 6.45) is 5.42. The molecule has 16 N–H and O–H groups in total. The molecule has 4 atom stereocenters. The highest BCUT2D eigenvalue weighted by atomic mass is 32.2. The molecule has 38 heteroatoms. The molecule has 0 radical (unpaired) electrons. The highest BCUT2D eigenvalue weighted by molar-refractivity contribution is 7.85. The van der Waals surface area contributed by atoms with Crippen molar-refractivity contribution >= 4 is 80.4 Å². The largest absolute Gasteiger partial charge is 0.379 e. The summed E-state index contributed by atoms with van der Waals surface area (Å²) in [6.45, 7) is 12.2. The van der Waals surface area contributed by atoms with Crippen LogP contribution in [0.3, 0.4) is 0 Å². The summed E-state index contributed by atoms with van der Waals surface area (Å²) in [5, 5.41) is 22.4. The van der Waals surface area contributed by atoms with E-state index in [9.17, 15) is 51.6 Å². The molecule has 2 aromatic rings. The maximum atomic E-state index is 14.2. The van der Waals surface area contributed by atoms with Gasteiger partial charge >= 0.3 is 6.03 Å². The summed E-state index contributed by atoms with van der Waals surface area (Å²) in [5.74, 6) is 1.73. The summed E-state index contributed by atoms with van der Waals surface area (Å²) in [6, 6.07) is 11.5. The normalized spacial score (nSPS) is 15.6. The Morgan fingerprint density at radius 3 is 1.79 bits per heavy atom. The van der Waals surface area contributed by atoms with E-state index in [4.69, 9.17) is 58.8 Å². The molecule has 1 aliphatic carbocycles. The van der Waals surface area contributed by atoms with Crippen LogP contribution in [-0.4, -0.2) is 251 Å². The Kier molecular flexibility index (Phi) is 42.5. The monoisotopic (exact) mass is 1590 g/mol. The third-order valence-electron chi connectivity index (χ3n) is 18.0. The van der Waals surface area contributed by atoms with E-state index in [1.165, 1.54) is 5.12 Å². The number of urea groups is 1. The first-order chi connectivity index (χ1) is 53.5. The number of benzene rings is 2. The van der Waals surface area contributed by atoms with Gasteiger partial charge < -0.3 is 95.9 Å². The average Bonchev–Trinajstić information content (AvgIpc) is 1.69.